The van der Waals surface area contributed by atoms with Gasteiger partial charge in [-0.15, -0.1) is 0 Å². The fourth-order valence-corrected chi connectivity index (χ4v) is 2.66. The number of nitrogens with one attached hydrogen (secondary N) is 1. The van der Waals surface area contributed by atoms with Gasteiger partial charge < -0.3 is 15.3 Å². The molecular weight excluding hydrogens is 254 g/mol. The number of aliphatic hydroxyl groups excluding tert-OH is 1. The van der Waals surface area contributed by atoms with E-state index < -0.39 is 0 Å². The number of pyridine rings is 1. The number of nitrogens with zero attached hydrogens (tertiary/aromatic N) is 2. The van der Waals surface area contributed by atoms with Crippen LogP contribution < -0.4 is 5.32 Å². The van der Waals surface area contributed by atoms with Gasteiger partial charge in [-0.3, -0.25) is 4.98 Å². The summed E-state index contributed by atoms with van der Waals surface area (Å²) in [6.07, 6.45) is 6.29. The minimum Gasteiger partial charge on any atom is -0.396 e. The molecule has 1 aromatic rings. The summed E-state index contributed by atoms with van der Waals surface area (Å²) in [5.74, 6) is 0.218. The maximum atomic E-state index is 12.3. The van der Waals surface area contributed by atoms with Gasteiger partial charge in [-0.1, -0.05) is 6.92 Å². The van der Waals surface area contributed by atoms with E-state index in [-0.39, 0.29) is 24.6 Å². The van der Waals surface area contributed by atoms with E-state index >= 15 is 0 Å². The van der Waals surface area contributed by atoms with Crippen LogP contribution in [0.5, 0.6) is 0 Å². The molecule has 1 aliphatic rings. The number of carbonyl (C=O) groups is 1. The number of amides is 2. The van der Waals surface area contributed by atoms with Gasteiger partial charge in [0.1, 0.15) is 0 Å². The van der Waals surface area contributed by atoms with E-state index in [0.717, 1.165) is 31.4 Å². The van der Waals surface area contributed by atoms with Gasteiger partial charge in [0.25, 0.3) is 0 Å². The second-order valence-electron chi connectivity index (χ2n) is 5.33. The maximum absolute atomic E-state index is 12.3. The monoisotopic (exact) mass is 277 g/mol. The van der Waals surface area contributed by atoms with Crippen molar-refractivity contribution < 1.29 is 9.90 Å². The zero-order chi connectivity index (χ0) is 14.4. The lowest BCUT2D eigenvalue weighted by atomic mass is 9.99. The predicted octanol–water partition coefficient (Wildman–Crippen LogP) is 1.95. The summed E-state index contributed by atoms with van der Waals surface area (Å²) in [5.41, 5.74) is 1.08. The third-order valence-corrected chi connectivity index (χ3v) is 3.88. The topological polar surface area (TPSA) is 65.5 Å². The van der Waals surface area contributed by atoms with E-state index in [4.69, 9.17) is 0 Å². The van der Waals surface area contributed by atoms with Gasteiger partial charge in [0, 0.05) is 32.1 Å². The van der Waals surface area contributed by atoms with Crippen LogP contribution in [0, 0.1) is 5.92 Å². The molecule has 1 aromatic heterocycles. The summed E-state index contributed by atoms with van der Waals surface area (Å²) in [4.78, 5) is 18.1. The molecule has 2 rings (SSSR count). The number of carbonyl (C=O) groups excluding carboxylic acids is 1. The van der Waals surface area contributed by atoms with Crippen molar-refractivity contribution in [2.45, 2.75) is 32.2 Å². The van der Waals surface area contributed by atoms with Gasteiger partial charge in [0.15, 0.2) is 0 Å². The Hall–Kier alpha value is -1.62. The summed E-state index contributed by atoms with van der Waals surface area (Å²) >= 11 is 0. The van der Waals surface area contributed by atoms with Crippen LogP contribution in [-0.4, -0.2) is 40.7 Å². The third kappa shape index (κ3) is 3.70. The van der Waals surface area contributed by atoms with Crippen LogP contribution in [0.1, 0.15) is 37.8 Å². The molecule has 0 saturated carbocycles. The fourth-order valence-electron chi connectivity index (χ4n) is 2.66. The van der Waals surface area contributed by atoms with E-state index in [0.29, 0.717) is 6.54 Å². The van der Waals surface area contributed by atoms with Crippen LogP contribution in [0.3, 0.4) is 0 Å². The second-order valence-corrected chi connectivity index (χ2v) is 5.33. The van der Waals surface area contributed by atoms with E-state index in [1.54, 1.807) is 12.4 Å². The van der Waals surface area contributed by atoms with Crippen LogP contribution in [0.4, 0.5) is 4.79 Å². The lowest BCUT2D eigenvalue weighted by Crippen LogP contribution is -2.47. The molecule has 1 saturated heterocycles. The first-order valence-electron chi connectivity index (χ1n) is 7.30. The predicted molar refractivity (Wildman–Crippen MR) is 77.2 cm³/mol. The van der Waals surface area contributed by atoms with Gasteiger partial charge >= 0.3 is 6.03 Å². The van der Waals surface area contributed by atoms with Crippen molar-refractivity contribution in [2.75, 3.05) is 19.7 Å². The van der Waals surface area contributed by atoms with E-state index in [9.17, 15) is 9.90 Å². The molecule has 1 fully saturated rings. The Balaban J connectivity index is 1.95. The highest BCUT2D eigenvalue weighted by Gasteiger charge is 2.24. The average Bonchev–Trinajstić information content (AvgIpc) is 2.53. The zero-order valence-corrected chi connectivity index (χ0v) is 12.0. The van der Waals surface area contributed by atoms with Crippen molar-refractivity contribution in [3.8, 4) is 0 Å². The number of hydrogen-bond donors (Lipinski definition) is 2. The highest BCUT2D eigenvalue weighted by Crippen LogP contribution is 2.19. The average molecular weight is 277 g/mol. The first kappa shape index (κ1) is 14.8. The molecule has 0 bridgehead atoms. The molecule has 2 atom stereocenters. The molecule has 0 radical (unpaired) electrons. The lowest BCUT2D eigenvalue weighted by molar-refractivity contribution is 0.127. The van der Waals surface area contributed by atoms with Crippen molar-refractivity contribution in [3.63, 3.8) is 0 Å². The zero-order valence-electron chi connectivity index (χ0n) is 12.0. The van der Waals surface area contributed by atoms with E-state index in [1.807, 2.05) is 17.0 Å². The second kappa shape index (κ2) is 7.24. The maximum Gasteiger partial charge on any atom is 0.317 e. The number of aliphatic hydroxyl groups is 1. The van der Waals surface area contributed by atoms with Gasteiger partial charge in [0.05, 0.1) is 6.04 Å². The lowest BCUT2D eigenvalue weighted by Gasteiger charge is -2.33. The summed E-state index contributed by atoms with van der Waals surface area (Å²) in [7, 11) is 0. The Kier molecular flexibility index (Phi) is 5.35. The van der Waals surface area contributed by atoms with Crippen LogP contribution in [0.2, 0.25) is 0 Å². The molecule has 2 amide bonds. The molecule has 1 aliphatic heterocycles. The molecule has 5 heteroatoms. The molecule has 0 aliphatic carbocycles. The van der Waals surface area contributed by atoms with Crippen LogP contribution in [0.15, 0.2) is 24.5 Å². The molecule has 0 aromatic carbocycles. The Bertz CT molecular complexity index is 424. The van der Waals surface area contributed by atoms with Crippen LogP contribution >= 0.6 is 0 Å². The third-order valence-electron chi connectivity index (χ3n) is 3.88. The molecule has 20 heavy (non-hydrogen) atoms. The normalized spacial score (nSPS) is 20.5. The smallest absolute Gasteiger partial charge is 0.317 e. The number of piperidine rings is 1. The molecule has 0 spiro atoms. The number of urea groups is 1. The summed E-state index contributed by atoms with van der Waals surface area (Å²) in [6.45, 7) is 3.63. The Labute approximate surface area is 120 Å². The van der Waals surface area contributed by atoms with Gasteiger partial charge in [-0.2, -0.15) is 0 Å². The molecule has 110 valence electrons. The molecule has 2 N–H and O–H groups in total. The van der Waals surface area contributed by atoms with Crippen LogP contribution in [0.25, 0.3) is 0 Å². The van der Waals surface area contributed by atoms with Crippen molar-refractivity contribution in [2.24, 2.45) is 5.92 Å². The molecule has 5 nitrogen and oxygen atoms in total. The first-order chi connectivity index (χ1) is 9.74. The number of aromatic nitrogens is 1. The summed E-state index contributed by atoms with van der Waals surface area (Å²) < 4.78 is 0. The number of likely N-dealkylation sites (tertiary alicyclic amines) is 1. The summed E-state index contributed by atoms with van der Waals surface area (Å²) in [5, 5.41) is 12.3. The summed E-state index contributed by atoms with van der Waals surface area (Å²) in [6, 6.07) is 3.84. The Morgan fingerprint density at radius 3 is 2.95 bits per heavy atom. The van der Waals surface area contributed by atoms with E-state index in [1.165, 1.54) is 0 Å². The van der Waals surface area contributed by atoms with Crippen molar-refractivity contribution >= 4 is 6.03 Å². The first-order valence-corrected chi connectivity index (χ1v) is 7.30. The Morgan fingerprint density at radius 2 is 2.30 bits per heavy atom. The van der Waals surface area contributed by atoms with Gasteiger partial charge in [0.2, 0.25) is 0 Å². The Morgan fingerprint density at radius 1 is 1.55 bits per heavy atom. The highest BCUT2D eigenvalue weighted by atomic mass is 16.3. The molecular formula is C15H23N3O2. The molecule has 2 heterocycles. The van der Waals surface area contributed by atoms with E-state index in [2.05, 4.69) is 17.2 Å². The van der Waals surface area contributed by atoms with Gasteiger partial charge in [-0.05, 0) is 42.9 Å². The number of hydrogen-bond acceptors (Lipinski definition) is 3. The number of rotatable bonds is 4. The van der Waals surface area contributed by atoms with Gasteiger partial charge in [-0.25, -0.2) is 4.79 Å². The largest absolute Gasteiger partial charge is 0.396 e. The van der Waals surface area contributed by atoms with Crippen LogP contribution in [-0.2, 0) is 0 Å². The van der Waals surface area contributed by atoms with Crippen molar-refractivity contribution in [3.05, 3.63) is 30.1 Å². The fraction of sp³-hybridized carbons (Fsp3) is 0.600. The van der Waals surface area contributed by atoms with Crippen molar-refractivity contribution in [1.29, 1.82) is 0 Å². The minimum atomic E-state index is -0.0354. The quantitative estimate of drug-likeness (QED) is 0.884. The highest BCUT2D eigenvalue weighted by molar-refractivity contribution is 5.74. The SMILES string of the molecule is CC[C@H](NC(=O)N1CCC[C@@H](CO)C1)c1ccncc1. The standard InChI is InChI=1S/C15H23N3O2/c1-2-14(13-5-7-16-8-6-13)17-15(20)18-9-3-4-12(10-18)11-19/h5-8,12,14,19H,2-4,9-11H2,1H3,(H,17,20)/t12-,14+/m1/s1. The van der Waals surface area contributed by atoms with Crippen molar-refractivity contribution in [1.82, 2.24) is 15.2 Å². The minimum absolute atomic E-state index is 0.0139. The molecule has 0 unspecified atom stereocenters.